The minimum absolute atomic E-state index is 0.112. The quantitative estimate of drug-likeness (QED) is 0.647. The smallest absolute Gasteiger partial charge is 0.526 e. The first-order valence-corrected chi connectivity index (χ1v) is 8.73. The first-order valence-electron chi connectivity index (χ1n) is 8.73. The fraction of sp³-hybridized carbons (Fsp3) is 0.316. The van der Waals surface area contributed by atoms with Gasteiger partial charge >= 0.3 is 7.12 Å². The van der Waals surface area contributed by atoms with Crippen molar-refractivity contribution in [1.29, 1.82) is 0 Å². The summed E-state index contributed by atoms with van der Waals surface area (Å²) in [4.78, 5) is 28.8. The molecule has 0 fully saturated rings. The van der Waals surface area contributed by atoms with Crippen LogP contribution in [-0.2, 0) is 19.5 Å². The number of Topliss-reactive ketones (excluding diaryl/α,β-unsaturated/α-hetero) is 2. The van der Waals surface area contributed by atoms with E-state index in [0.29, 0.717) is 30.0 Å². The molecule has 0 amide bonds. The predicted octanol–water partition coefficient (Wildman–Crippen LogP) is 1.95. The SMILES string of the molecule is CC(=O)c1cccc2c1OB(O)[C@@H](CC(=O)c1ccc3c(n1)CNC3)C2. The minimum Gasteiger partial charge on any atom is -0.535 e. The van der Waals surface area contributed by atoms with Gasteiger partial charge in [-0.25, -0.2) is 4.98 Å². The molecule has 0 bridgehead atoms. The van der Waals surface area contributed by atoms with Crippen molar-refractivity contribution in [2.75, 3.05) is 0 Å². The molecule has 26 heavy (non-hydrogen) atoms. The topological polar surface area (TPSA) is 88.5 Å². The van der Waals surface area contributed by atoms with Crippen LogP contribution in [0.1, 0.15) is 51.0 Å². The Kier molecular flexibility index (Phi) is 4.34. The molecule has 0 unspecified atom stereocenters. The molecule has 6 nitrogen and oxygen atoms in total. The number of hydrogen-bond acceptors (Lipinski definition) is 6. The summed E-state index contributed by atoms with van der Waals surface area (Å²) in [5, 5.41) is 13.6. The normalized spacial score (nSPS) is 18.1. The molecule has 132 valence electrons. The highest BCUT2D eigenvalue weighted by atomic mass is 16.5. The first-order chi connectivity index (χ1) is 12.5. The van der Waals surface area contributed by atoms with Gasteiger partial charge in [0.15, 0.2) is 11.6 Å². The Morgan fingerprint density at radius 2 is 2.12 bits per heavy atom. The van der Waals surface area contributed by atoms with Crippen LogP contribution < -0.4 is 9.97 Å². The number of nitrogens with one attached hydrogen (secondary N) is 1. The highest BCUT2D eigenvalue weighted by Gasteiger charge is 2.37. The molecule has 0 radical (unpaired) electrons. The molecular formula is C19H19BN2O4. The van der Waals surface area contributed by atoms with Crippen molar-refractivity contribution in [1.82, 2.24) is 10.3 Å². The number of benzene rings is 1. The highest BCUT2D eigenvalue weighted by molar-refractivity contribution is 6.47. The molecule has 4 rings (SSSR count). The van der Waals surface area contributed by atoms with Crippen LogP contribution in [0.4, 0.5) is 0 Å². The largest absolute Gasteiger partial charge is 0.535 e. The van der Waals surface area contributed by atoms with Crippen LogP contribution >= 0.6 is 0 Å². The van der Waals surface area contributed by atoms with Crippen molar-refractivity contribution in [3.8, 4) is 5.75 Å². The van der Waals surface area contributed by atoms with Crippen molar-refractivity contribution in [2.24, 2.45) is 0 Å². The van der Waals surface area contributed by atoms with Gasteiger partial charge in [-0.1, -0.05) is 18.2 Å². The van der Waals surface area contributed by atoms with Crippen molar-refractivity contribution in [3.05, 3.63) is 58.4 Å². The third-order valence-electron chi connectivity index (χ3n) is 5.01. The van der Waals surface area contributed by atoms with E-state index in [4.69, 9.17) is 4.65 Å². The zero-order valence-electron chi connectivity index (χ0n) is 14.5. The van der Waals surface area contributed by atoms with Gasteiger partial charge in [0.05, 0.1) is 11.3 Å². The van der Waals surface area contributed by atoms with Gasteiger partial charge in [-0.3, -0.25) is 9.59 Å². The zero-order valence-corrected chi connectivity index (χ0v) is 14.5. The Bertz CT molecular complexity index is 899. The molecule has 7 heteroatoms. The summed E-state index contributed by atoms with van der Waals surface area (Å²) < 4.78 is 5.60. The van der Waals surface area contributed by atoms with E-state index in [1.807, 2.05) is 12.1 Å². The van der Waals surface area contributed by atoms with E-state index in [0.717, 1.165) is 23.4 Å². The highest BCUT2D eigenvalue weighted by Crippen LogP contribution is 2.36. The van der Waals surface area contributed by atoms with Gasteiger partial charge in [0.1, 0.15) is 11.4 Å². The molecule has 2 aromatic rings. The maximum absolute atomic E-state index is 12.6. The average Bonchev–Trinajstić information content (AvgIpc) is 3.09. The van der Waals surface area contributed by atoms with Crippen LogP contribution in [0.5, 0.6) is 5.75 Å². The van der Waals surface area contributed by atoms with Crippen LogP contribution in [0.15, 0.2) is 30.3 Å². The standard InChI is InChI=1S/C19H19BN2O4/c1-11(23)15-4-2-3-12-7-14(20(25)26-19(12)15)8-18(24)16-6-5-13-9-21-10-17(13)22-16/h2-6,14,21,25H,7-10H2,1H3/t14-/m1/s1. The third-order valence-corrected chi connectivity index (χ3v) is 5.01. The lowest BCUT2D eigenvalue weighted by molar-refractivity contribution is 0.0966. The van der Waals surface area contributed by atoms with Crippen molar-refractivity contribution < 1.29 is 19.3 Å². The van der Waals surface area contributed by atoms with Crippen LogP contribution in [-0.4, -0.2) is 28.7 Å². The van der Waals surface area contributed by atoms with E-state index < -0.39 is 7.12 Å². The molecular weight excluding hydrogens is 331 g/mol. The van der Waals surface area contributed by atoms with Gasteiger partial charge in [-0.15, -0.1) is 0 Å². The Labute approximate surface area is 151 Å². The van der Waals surface area contributed by atoms with Gasteiger partial charge in [0.25, 0.3) is 0 Å². The van der Waals surface area contributed by atoms with Gasteiger partial charge in [0, 0.05) is 25.3 Å². The lowest BCUT2D eigenvalue weighted by Gasteiger charge is -2.28. The fourth-order valence-corrected chi connectivity index (χ4v) is 3.59. The number of rotatable bonds is 4. The number of aromatic nitrogens is 1. The molecule has 3 heterocycles. The van der Waals surface area contributed by atoms with E-state index in [2.05, 4.69) is 10.3 Å². The summed E-state index contributed by atoms with van der Waals surface area (Å²) in [6.45, 7) is 2.92. The van der Waals surface area contributed by atoms with E-state index in [9.17, 15) is 14.6 Å². The number of ketones is 2. The van der Waals surface area contributed by atoms with E-state index in [1.54, 1.807) is 18.2 Å². The molecule has 0 saturated carbocycles. The Morgan fingerprint density at radius 1 is 1.27 bits per heavy atom. The summed E-state index contributed by atoms with van der Waals surface area (Å²) in [5.74, 6) is -0.165. The maximum atomic E-state index is 12.6. The Hall–Kier alpha value is -2.51. The second-order valence-electron chi connectivity index (χ2n) is 6.86. The molecule has 2 N–H and O–H groups in total. The minimum atomic E-state index is -1.12. The van der Waals surface area contributed by atoms with Crippen molar-refractivity contribution in [2.45, 2.75) is 38.7 Å². The Morgan fingerprint density at radius 3 is 2.92 bits per heavy atom. The van der Waals surface area contributed by atoms with Crippen molar-refractivity contribution in [3.63, 3.8) is 0 Å². The van der Waals surface area contributed by atoms with Gasteiger partial charge in [0.2, 0.25) is 0 Å². The number of para-hydroxylation sites is 1. The molecule has 1 atom stereocenters. The molecule has 1 aromatic carbocycles. The van der Waals surface area contributed by atoms with Crippen molar-refractivity contribution >= 4 is 18.7 Å². The zero-order chi connectivity index (χ0) is 18.3. The third kappa shape index (κ3) is 3.04. The van der Waals surface area contributed by atoms with Crippen LogP contribution in [0, 0.1) is 0 Å². The first kappa shape index (κ1) is 16.9. The average molecular weight is 350 g/mol. The number of carbonyl (C=O) groups is 2. The fourth-order valence-electron chi connectivity index (χ4n) is 3.59. The number of pyridine rings is 1. The molecule has 1 aromatic heterocycles. The number of carbonyl (C=O) groups excluding carboxylic acids is 2. The summed E-state index contributed by atoms with van der Waals surface area (Å²) in [5.41, 5.74) is 3.75. The van der Waals surface area contributed by atoms with Gasteiger partial charge in [-0.05, 0) is 36.6 Å². The molecule has 0 saturated heterocycles. The molecule has 2 aliphatic rings. The number of nitrogens with zero attached hydrogens (tertiary/aromatic N) is 1. The summed E-state index contributed by atoms with van der Waals surface area (Å²) in [6.07, 6.45) is 0.625. The summed E-state index contributed by atoms with van der Waals surface area (Å²) in [7, 11) is -1.12. The summed E-state index contributed by atoms with van der Waals surface area (Å²) >= 11 is 0. The van der Waals surface area contributed by atoms with Gasteiger partial charge in [-0.2, -0.15) is 0 Å². The van der Waals surface area contributed by atoms with Gasteiger partial charge < -0.3 is 15.0 Å². The van der Waals surface area contributed by atoms with E-state index in [-0.39, 0.29) is 23.8 Å². The van der Waals surface area contributed by atoms with Crippen LogP contribution in [0.3, 0.4) is 0 Å². The second-order valence-corrected chi connectivity index (χ2v) is 6.86. The second kappa shape index (κ2) is 6.66. The monoisotopic (exact) mass is 350 g/mol. The van der Waals surface area contributed by atoms with Crippen LogP contribution in [0.2, 0.25) is 5.82 Å². The lowest BCUT2D eigenvalue weighted by Crippen LogP contribution is -2.35. The molecule has 2 aliphatic heterocycles. The lowest BCUT2D eigenvalue weighted by atomic mass is 9.64. The van der Waals surface area contributed by atoms with E-state index in [1.165, 1.54) is 6.92 Å². The number of hydrogen-bond donors (Lipinski definition) is 2. The van der Waals surface area contributed by atoms with E-state index >= 15 is 0 Å². The van der Waals surface area contributed by atoms with Crippen LogP contribution in [0.25, 0.3) is 0 Å². The Balaban J connectivity index is 1.53. The predicted molar refractivity (Wildman–Crippen MR) is 96.2 cm³/mol. The summed E-state index contributed by atoms with van der Waals surface area (Å²) in [6, 6.07) is 9.01. The molecule has 0 aliphatic carbocycles. The molecule has 0 spiro atoms. The number of fused-ring (bicyclic) bond motifs is 2. The maximum Gasteiger partial charge on any atom is 0.526 e.